The lowest BCUT2D eigenvalue weighted by atomic mass is 9.78. The van der Waals surface area contributed by atoms with E-state index in [-0.39, 0.29) is 17.4 Å². The van der Waals surface area contributed by atoms with Gasteiger partial charge in [-0.1, -0.05) is 49.0 Å². The highest BCUT2D eigenvalue weighted by Crippen LogP contribution is 2.59. The summed E-state index contributed by atoms with van der Waals surface area (Å²) in [6, 6.07) is 16.0. The summed E-state index contributed by atoms with van der Waals surface area (Å²) in [5, 5.41) is 0. The van der Waals surface area contributed by atoms with Crippen molar-refractivity contribution in [2.75, 3.05) is 0 Å². The molecule has 2 aliphatic carbocycles. The number of ether oxygens (including phenoxy) is 3. The summed E-state index contributed by atoms with van der Waals surface area (Å²) < 4.78 is 17.7. The molecule has 0 spiro atoms. The Morgan fingerprint density at radius 3 is 2.57 bits per heavy atom. The normalized spacial score (nSPS) is 33.8. The lowest BCUT2D eigenvalue weighted by molar-refractivity contribution is -0.170. The first-order chi connectivity index (χ1) is 16.8. The van der Waals surface area contributed by atoms with Crippen molar-refractivity contribution in [2.24, 2.45) is 23.7 Å². The molecule has 6 nitrogen and oxygen atoms in total. The van der Waals surface area contributed by atoms with Crippen molar-refractivity contribution in [1.29, 1.82) is 0 Å². The van der Waals surface area contributed by atoms with Gasteiger partial charge < -0.3 is 14.2 Å². The van der Waals surface area contributed by atoms with Gasteiger partial charge in [0, 0.05) is 39.2 Å². The molecule has 2 aromatic carbocycles. The molecule has 2 aromatic rings. The molecule has 0 N–H and O–H groups in total. The van der Waals surface area contributed by atoms with Crippen molar-refractivity contribution < 1.29 is 28.6 Å². The highest BCUT2D eigenvalue weighted by Gasteiger charge is 2.70. The number of hydrogen-bond acceptors (Lipinski definition) is 7. The van der Waals surface area contributed by atoms with Crippen LogP contribution in [0.2, 0.25) is 0 Å². The summed E-state index contributed by atoms with van der Waals surface area (Å²) >= 11 is 1.72. The first-order valence-corrected chi connectivity index (χ1v) is 12.9. The second kappa shape index (κ2) is 7.98. The molecule has 0 aromatic heterocycles. The van der Waals surface area contributed by atoms with Gasteiger partial charge in [-0.15, -0.1) is 11.8 Å². The fourth-order valence-corrected chi connectivity index (χ4v) is 7.63. The monoisotopic (exact) mass is 490 g/mol. The van der Waals surface area contributed by atoms with Gasteiger partial charge >= 0.3 is 17.9 Å². The lowest BCUT2D eigenvalue weighted by Crippen LogP contribution is -2.45. The van der Waals surface area contributed by atoms with E-state index in [1.54, 1.807) is 18.7 Å². The van der Waals surface area contributed by atoms with Crippen LogP contribution in [-0.2, 0) is 39.9 Å². The van der Waals surface area contributed by atoms with E-state index in [0.717, 1.165) is 27.3 Å². The Hall–Kier alpha value is -3.06. The number of hydrogen-bond donors (Lipinski definition) is 0. The van der Waals surface area contributed by atoms with E-state index in [1.807, 2.05) is 49.4 Å². The molecule has 35 heavy (non-hydrogen) atoms. The summed E-state index contributed by atoms with van der Waals surface area (Å²) in [5.74, 6) is -2.38. The van der Waals surface area contributed by atoms with Gasteiger partial charge in [-0.05, 0) is 31.9 Å². The summed E-state index contributed by atoms with van der Waals surface area (Å²) in [6.45, 7) is 7.15. The first-order valence-electron chi connectivity index (χ1n) is 11.9. The molecule has 2 aliphatic heterocycles. The van der Waals surface area contributed by atoms with Crippen molar-refractivity contribution in [3.8, 4) is 0 Å². The molecule has 6 rings (SSSR count). The minimum absolute atomic E-state index is 0.148. The van der Waals surface area contributed by atoms with E-state index in [0.29, 0.717) is 6.42 Å². The van der Waals surface area contributed by atoms with Gasteiger partial charge in [-0.2, -0.15) is 0 Å². The predicted molar refractivity (Wildman–Crippen MR) is 128 cm³/mol. The average Bonchev–Trinajstić information content (AvgIpc) is 3.43. The SMILES string of the molecule is C=C(C)C(=O)OC1C2CC3C1OC(=O)C3C2C(=O)OC1(C)c2ccccc2CSc2ccccc21. The van der Waals surface area contributed by atoms with Crippen LogP contribution < -0.4 is 0 Å². The molecular weight excluding hydrogens is 464 g/mol. The van der Waals surface area contributed by atoms with E-state index >= 15 is 0 Å². The van der Waals surface area contributed by atoms with Crippen LogP contribution in [0.1, 0.15) is 37.0 Å². The molecule has 0 amide bonds. The van der Waals surface area contributed by atoms with Crippen LogP contribution in [0.25, 0.3) is 0 Å². The molecule has 7 heteroatoms. The maximum absolute atomic E-state index is 13.9. The van der Waals surface area contributed by atoms with Gasteiger partial charge in [0.05, 0.1) is 11.8 Å². The number of rotatable bonds is 4. The third kappa shape index (κ3) is 3.28. The van der Waals surface area contributed by atoms with Gasteiger partial charge in [0.1, 0.15) is 12.2 Å². The zero-order chi connectivity index (χ0) is 24.5. The van der Waals surface area contributed by atoms with Gasteiger partial charge in [0.15, 0.2) is 5.60 Å². The smallest absolute Gasteiger partial charge is 0.333 e. The van der Waals surface area contributed by atoms with Crippen molar-refractivity contribution in [3.05, 3.63) is 77.4 Å². The molecule has 1 saturated heterocycles. The highest BCUT2D eigenvalue weighted by atomic mass is 32.2. The zero-order valence-electron chi connectivity index (χ0n) is 19.6. The Bertz CT molecular complexity index is 1220. The molecule has 0 radical (unpaired) electrons. The van der Waals surface area contributed by atoms with Gasteiger partial charge in [0.2, 0.25) is 0 Å². The Balaban J connectivity index is 1.37. The number of benzene rings is 2. The first kappa shape index (κ1) is 22.4. The van der Waals surface area contributed by atoms with Crippen LogP contribution in [0.5, 0.6) is 0 Å². The van der Waals surface area contributed by atoms with Crippen molar-refractivity contribution in [2.45, 2.75) is 48.7 Å². The minimum Gasteiger partial charge on any atom is -0.458 e. The number of carbonyl (C=O) groups is 3. The van der Waals surface area contributed by atoms with Crippen LogP contribution in [0.3, 0.4) is 0 Å². The van der Waals surface area contributed by atoms with Gasteiger partial charge in [-0.3, -0.25) is 9.59 Å². The van der Waals surface area contributed by atoms with E-state index in [2.05, 4.69) is 12.6 Å². The Morgan fingerprint density at radius 1 is 1.09 bits per heavy atom. The zero-order valence-corrected chi connectivity index (χ0v) is 20.4. The maximum atomic E-state index is 13.9. The average molecular weight is 491 g/mol. The van der Waals surface area contributed by atoms with Crippen LogP contribution in [0.15, 0.2) is 65.6 Å². The van der Waals surface area contributed by atoms with Crippen LogP contribution in [0, 0.1) is 23.7 Å². The Labute approximate surface area is 208 Å². The predicted octanol–water partition coefficient (Wildman–Crippen LogP) is 4.39. The van der Waals surface area contributed by atoms with E-state index < -0.39 is 47.6 Å². The number of fused-ring (bicyclic) bond motifs is 3. The molecular formula is C28H26O6S. The molecule has 7 atom stereocenters. The number of thioether (sulfide) groups is 1. The molecule has 2 bridgehead atoms. The van der Waals surface area contributed by atoms with E-state index in [1.165, 1.54) is 0 Å². The second-order valence-corrected chi connectivity index (χ2v) is 11.1. The Kier molecular flexibility index (Phi) is 5.11. The van der Waals surface area contributed by atoms with Gasteiger partial charge in [0.25, 0.3) is 0 Å². The maximum Gasteiger partial charge on any atom is 0.333 e. The highest BCUT2D eigenvalue weighted by molar-refractivity contribution is 7.98. The van der Waals surface area contributed by atoms with Crippen LogP contribution in [-0.4, -0.2) is 30.1 Å². The fourth-order valence-electron chi connectivity index (χ4n) is 6.47. The van der Waals surface area contributed by atoms with E-state index in [9.17, 15) is 14.4 Å². The summed E-state index contributed by atoms with van der Waals surface area (Å²) in [4.78, 5) is 40.1. The van der Waals surface area contributed by atoms with Gasteiger partial charge in [-0.25, -0.2) is 4.79 Å². The summed E-state index contributed by atoms with van der Waals surface area (Å²) in [7, 11) is 0. The molecule has 7 unspecified atom stereocenters. The summed E-state index contributed by atoms with van der Waals surface area (Å²) in [6.07, 6.45) is -0.577. The molecule has 2 saturated carbocycles. The molecule has 4 aliphatic rings. The third-order valence-electron chi connectivity index (χ3n) is 8.03. The summed E-state index contributed by atoms with van der Waals surface area (Å²) in [5.41, 5.74) is 2.20. The quantitative estimate of drug-likeness (QED) is 0.357. The molecule has 3 fully saturated rings. The third-order valence-corrected chi connectivity index (χ3v) is 9.15. The van der Waals surface area contributed by atoms with Crippen molar-refractivity contribution >= 4 is 29.7 Å². The largest absolute Gasteiger partial charge is 0.458 e. The lowest BCUT2D eigenvalue weighted by Gasteiger charge is -2.36. The number of esters is 3. The fraction of sp³-hybridized carbons (Fsp3) is 0.393. The Morgan fingerprint density at radius 2 is 1.80 bits per heavy atom. The topological polar surface area (TPSA) is 78.9 Å². The second-order valence-electron chi connectivity index (χ2n) is 10.1. The standard InChI is InChI=1S/C28H26O6S/c1-14(2)25(29)32-23-17-12-16-21(26(30)33-24(16)23)22(17)27(31)34-28(3)18-9-5-4-8-15(18)13-35-20-11-7-6-10-19(20)28/h4-11,16-17,21-24H,1,12-13H2,2-3H3. The van der Waals surface area contributed by atoms with Crippen molar-refractivity contribution in [1.82, 2.24) is 0 Å². The van der Waals surface area contributed by atoms with Crippen LogP contribution in [0.4, 0.5) is 0 Å². The molecule has 180 valence electrons. The molecule has 2 heterocycles. The minimum atomic E-state index is -1.03. The van der Waals surface area contributed by atoms with Crippen molar-refractivity contribution in [3.63, 3.8) is 0 Å². The number of carbonyl (C=O) groups excluding carboxylic acids is 3. The van der Waals surface area contributed by atoms with Crippen LogP contribution >= 0.6 is 11.8 Å². The van der Waals surface area contributed by atoms with E-state index in [4.69, 9.17) is 14.2 Å².